The summed E-state index contributed by atoms with van der Waals surface area (Å²) in [4.78, 5) is 9.71. The molecule has 50 valence electrons. The Labute approximate surface area is 58.1 Å². The minimum Gasteiger partial charge on any atom is -0.312 e. The van der Waals surface area contributed by atoms with E-state index in [9.17, 15) is 4.79 Å². The SMILES string of the molecule is Cl.O=CNc1cc[nH]n1. The lowest BCUT2D eigenvalue weighted by molar-refractivity contribution is -0.105. The molecule has 1 rings (SSSR count). The maximum absolute atomic E-state index is 9.71. The second-order valence-corrected chi connectivity index (χ2v) is 1.22. The van der Waals surface area contributed by atoms with Gasteiger partial charge in [0.05, 0.1) is 0 Å². The highest BCUT2D eigenvalue weighted by Gasteiger charge is 1.85. The number of hydrogen-bond donors (Lipinski definition) is 2. The van der Waals surface area contributed by atoms with Crippen molar-refractivity contribution in [3.8, 4) is 0 Å². The topological polar surface area (TPSA) is 57.8 Å². The van der Waals surface area contributed by atoms with Gasteiger partial charge >= 0.3 is 0 Å². The fourth-order valence-corrected chi connectivity index (χ4v) is 0.401. The second kappa shape index (κ2) is 3.91. The monoisotopic (exact) mass is 147 g/mol. The molecule has 0 saturated heterocycles. The third kappa shape index (κ3) is 2.14. The first-order valence-electron chi connectivity index (χ1n) is 2.13. The zero-order valence-corrected chi connectivity index (χ0v) is 5.31. The van der Waals surface area contributed by atoms with E-state index >= 15 is 0 Å². The van der Waals surface area contributed by atoms with Crippen molar-refractivity contribution in [3.63, 3.8) is 0 Å². The number of aromatic amines is 1. The minimum absolute atomic E-state index is 0. The molecule has 0 unspecified atom stereocenters. The molecule has 0 spiro atoms. The molecule has 0 aromatic carbocycles. The standard InChI is InChI=1S/C4H5N3O.ClH/c8-3-5-4-1-2-6-7-4;/h1-3H,(H2,5,6,7,8);1H. The largest absolute Gasteiger partial charge is 0.312 e. The Morgan fingerprint density at radius 2 is 2.56 bits per heavy atom. The molecule has 1 amide bonds. The van der Waals surface area contributed by atoms with E-state index in [1.54, 1.807) is 12.3 Å². The number of rotatable bonds is 2. The Bertz CT molecular complexity index is 162. The number of carbonyl (C=O) groups excluding carboxylic acids is 1. The van der Waals surface area contributed by atoms with Gasteiger partial charge in [-0.1, -0.05) is 0 Å². The molecule has 0 fully saturated rings. The molecule has 0 saturated carbocycles. The summed E-state index contributed by atoms with van der Waals surface area (Å²) in [5.41, 5.74) is 0. The van der Waals surface area contributed by atoms with Gasteiger partial charge in [-0.3, -0.25) is 9.89 Å². The Balaban J connectivity index is 0.000000640. The zero-order valence-electron chi connectivity index (χ0n) is 4.50. The lowest BCUT2D eigenvalue weighted by Gasteiger charge is -1.83. The summed E-state index contributed by atoms with van der Waals surface area (Å²) in [6.07, 6.45) is 2.21. The van der Waals surface area contributed by atoms with Crippen molar-refractivity contribution in [1.29, 1.82) is 0 Å². The van der Waals surface area contributed by atoms with Gasteiger partial charge in [0.15, 0.2) is 5.82 Å². The highest BCUT2D eigenvalue weighted by Crippen LogP contribution is 1.93. The van der Waals surface area contributed by atoms with E-state index in [1.165, 1.54) is 0 Å². The summed E-state index contributed by atoms with van der Waals surface area (Å²) in [5, 5.41) is 8.55. The quantitative estimate of drug-likeness (QED) is 0.595. The van der Waals surface area contributed by atoms with Crippen LogP contribution >= 0.6 is 12.4 Å². The Hall–Kier alpha value is -1.03. The van der Waals surface area contributed by atoms with E-state index < -0.39 is 0 Å². The molecule has 0 bridgehead atoms. The highest BCUT2D eigenvalue weighted by molar-refractivity contribution is 5.85. The van der Waals surface area contributed by atoms with Gasteiger partial charge in [0, 0.05) is 12.3 Å². The summed E-state index contributed by atoms with van der Waals surface area (Å²) >= 11 is 0. The molecule has 0 aliphatic heterocycles. The van der Waals surface area contributed by atoms with Gasteiger partial charge in [-0.25, -0.2) is 0 Å². The summed E-state index contributed by atoms with van der Waals surface area (Å²) in [6, 6.07) is 1.66. The molecule has 0 aliphatic carbocycles. The Morgan fingerprint density at radius 1 is 1.78 bits per heavy atom. The van der Waals surface area contributed by atoms with Crippen LogP contribution in [0.25, 0.3) is 0 Å². The summed E-state index contributed by atoms with van der Waals surface area (Å²) in [7, 11) is 0. The molecular formula is C4H6ClN3O. The van der Waals surface area contributed by atoms with E-state index in [0.29, 0.717) is 12.2 Å². The molecule has 9 heavy (non-hydrogen) atoms. The minimum atomic E-state index is 0. The number of carbonyl (C=O) groups is 1. The Kier molecular flexibility index (Phi) is 3.46. The van der Waals surface area contributed by atoms with Gasteiger partial charge in [-0.15, -0.1) is 12.4 Å². The van der Waals surface area contributed by atoms with E-state index in [0.717, 1.165) is 0 Å². The van der Waals surface area contributed by atoms with Gasteiger partial charge < -0.3 is 5.32 Å². The third-order valence-electron chi connectivity index (χ3n) is 0.708. The number of amides is 1. The maximum Gasteiger partial charge on any atom is 0.212 e. The van der Waals surface area contributed by atoms with Crippen LogP contribution in [0.3, 0.4) is 0 Å². The molecule has 2 N–H and O–H groups in total. The van der Waals surface area contributed by atoms with Crippen LogP contribution in [0.4, 0.5) is 5.82 Å². The molecular weight excluding hydrogens is 142 g/mol. The smallest absolute Gasteiger partial charge is 0.212 e. The molecule has 1 aromatic heterocycles. The van der Waals surface area contributed by atoms with Gasteiger partial charge in [0.25, 0.3) is 0 Å². The molecule has 4 nitrogen and oxygen atoms in total. The van der Waals surface area contributed by atoms with E-state index in [1.807, 2.05) is 0 Å². The summed E-state index contributed by atoms with van der Waals surface area (Å²) < 4.78 is 0. The van der Waals surface area contributed by atoms with Gasteiger partial charge in [-0.05, 0) is 0 Å². The second-order valence-electron chi connectivity index (χ2n) is 1.22. The van der Waals surface area contributed by atoms with Crippen LogP contribution in [0.15, 0.2) is 12.3 Å². The van der Waals surface area contributed by atoms with Gasteiger partial charge in [-0.2, -0.15) is 5.10 Å². The first-order valence-corrected chi connectivity index (χ1v) is 2.13. The van der Waals surface area contributed by atoms with Gasteiger partial charge in [0.2, 0.25) is 6.41 Å². The number of H-pyrrole nitrogens is 1. The van der Waals surface area contributed by atoms with Crippen molar-refractivity contribution < 1.29 is 4.79 Å². The number of halogens is 1. The number of hydrogen-bond acceptors (Lipinski definition) is 2. The number of nitrogens with zero attached hydrogens (tertiary/aromatic N) is 1. The first kappa shape index (κ1) is 7.97. The predicted octanol–water partition coefficient (Wildman–Crippen LogP) is 0.400. The van der Waals surface area contributed by atoms with Crippen LogP contribution in [-0.4, -0.2) is 16.6 Å². The molecule has 0 aliphatic rings. The van der Waals surface area contributed by atoms with E-state index in [4.69, 9.17) is 0 Å². The van der Waals surface area contributed by atoms with Crippen molar-refractivity contribution >= 4 is 24.6 Å². The lowest BCUT2D eigenvalue weighted by Crippen LogP contribution is -1.92. The molecule has 0 radical (unpaired) electrons. The average Bonchev–Trinajstić information content (AvgIpc) is 2.19. The van der Waals surface area contributed by atoms with Gasteiger partial charge in [0.1, 0.15) is 0 Å². The predicted molar refractivity (Wildman–Crippen MR) is 35.5 cm³/mol. The van der Waals surface area contributed by atoms with Crippen LogP contribution in [0.1, 0.15) is 0 Å². The molecule has 1 aromatic rings. The number of aromatic nitrogens is 2. The third-order valence-corrected chi connectivity index (χ3v) is 0.708. The van der Waals surface area contributed by atoms with E-state index in [-0.39, 0.29) is 12.4 Å². The van der Waals surface area contributed by atoms with Crippen LogP contribution in [0, 0.1) is 0 Å². The van der Waals surface area contributed by atoms with Crippen LogP contribution < -0.4 is 5.32 Å². The van der Waals surface area contributed by atoms with E-state index in [2.05, 4.69) is 15.5 Å². The van der Waals surface area contributed by atoms with Crippen LogP contribution in [-0.2, 0) is 4.79 Å². The maximum atomic E-state index is 9.71. The summed E-state index contributed by atoms with van der Waals surface area (Å²) in [5.74, 6) is 0.542. The van der Waals surface area contributed by atoms with Crippen molar-refractivity contribution in [2.45, 2.75) is 0 Å². The van der Waals surface area contributed by atoms with Crippen molar-refractivity contribution in [2.24, 2.45) is 0 Å². The summed E-state index contributed by atoms with van der Waals surface area (Å²) in [6.45, 7) is 0. The first-order chi connectivity index (χ1) is 3.93. The van der Waals surface area contributed by atoms with Crippen molar-refractivity contribution in [1.82, 2.24) is 10.2 Å². The van der Waals surface area contributed by atoms with Crippen LogP contribution in [0.5, 0.6) is 0 Å². The van der Waals surface area contributed by atoms with Crippen LogP contribution in [0.2, 0.25) is 0 Å². The molecule has 0 atom stereocenters. The normalized spacial score (nSPS) is 7.56. The average molecular weight is 148 g/mol. The fraction of sp³-hybridized carbons (Fsp3) is 0. The number of anilines is 1. The molecule has 5 heteroatoms. The fourth-order valence-electron chi connectivity index (χ4n) is 0.401. The number of nitrogens with one attached hydrogen (secondary N) is 2. The van der Waals surface area contributed by atoms with Crippen molar-refractivity contribution in [2.75, 3.05) is 5.32 Å². The lowest BCUT2D eigenvalue weighted by atomic mass is 10.6. The molecule has 1 heterocycles. The zero-order chi connectivity index (χ0) is 5.82. The van der Waals surface area contributed by atoms with Crippen molar-refractivity contribution in [3.05, 3.63) is 12.3 Å². The highest BCUT2D eigenvalue weighted by atomic mass is 35.5. The Morgan fingerprint density at radius 3 is 3.00 bits per heavy atom.